The summed E-state index contributed by atoms with van der Waals surface area (Å²) >= 11 is 5.12. The number of hydrogen-bond donors (Lipinski definition) is 6. The number of nitrogens with zero attached hydrogens (tertiary/aromatic N) is 2. The van der Waals surface area contributed by atoms with E-state index in [0.717, 1.165) is 5.69 Å². The average Bonchev–Trinajstić information content (AvgIpc) is 2.60. The third-order valence-electron chi connectivity index (χ3n) is 2.95. The number of carbonyl (C=O) groups is 1. The first kappa shape index (κ1) is 18.7. The number of amides is 1. The molecule has 2 aromatic carbocycles. The molecule has 26 heavy (non-hydrogen) atoms. The van der Waals surface area contributed by atoms with Crippen LogP contribution in [0.1, 0.15) is 10.4 Å². The van der Waals surface area contributed by atoms with Gasteiger partial charge in [0.15, 0.2) is 11.1 Å². The van der Waals surface area contributed by atoms with Crippen molar-refractivity contribution in [3.63, 3.8) is 0 Å². The highest BCUT2D eigenvalue weighted by Gasteiger charge is 2.11. The minimum atomic E-state index is -0.459. The van der Waals surface area contributed by atoms with Gasteiger partial charge in [-0.3, -0.25) is 15.6 Å². The Kier molecular flexibility index (Phi) is 6.46. The fourth-order valence-corrected chi connectivity index (χ4v) is 2.08. The van der Waals surface area contributed by atoms with Crippen LogP contribution in [-0.4, -0.2) is 22.9 Å². The number of hydrazine groups is 1. The number of anilines is 1. The molecule has 0 atom stereocenters. The number of thiocarbonyl (C=S) groups is 1. The molecule has 0 aliphatic rings. The Balaban J connectivity index is 2.03. The Hall–Kier alpha value is -3.66. The predicted molar refractivity (Wildman–Crippen MR) is 107 cm³/mol. The lowest BCUT2D eigenvalue weighted by Gasteiger charge is -2.12. The summed E-state index contributed by atoms with van der Waals surface area (Å²) in [6.07, 6.45) is 0. The van der Waals surface area contributed by atoms with Gasteiger partial charge in [-0.1, -0.05) is 30.3 Å². The summed E-state index contributed by atoms with van der Waals surface area (Å²) in [5.74, 6) is -0.856. The van der Waals surface area contributed by atoms with Gasteiger partial charge in [-0.25, -0.2) is 4.99 Å². The number of guanidine groups is 2. The normalized spacial score (nSPS) is 10.5. The van der Waals surface area contributed by atoms with E-state index in [1.807, 2.05) is 30.3 Å². The molecule has 0 fully saturated rings. The summed E-state index contributed by atoms with van der Waals surface area (Å²) in [5.41, 5.74) is 22.5. The van der Waals surface area contributed by atoms with Crippen LogP contribution in [-0.2, 0) is 0 Å². The van der Waals surface area contributed by atoms with Crippen molar-refractivity contribution in [2.75, 3.05) is 5.32 Å². The molecule has 0 unspecified atom stereocenters. The maximum atomic E-state index is 12.4. The highest BCUT2D eigenvalue weighted by atomic mass is 32.1. The molecule has 10 heteroatoms. The Morgan fingerprint density at radius 3 is 2.27 bits per heavy atom. The lowest BCUT2D eigenvalue weighted by molar-refractivity contribution is 0.0945. The molecule has 9 nitrogen and oxygen atoms in total. The van der Waals surface area contributed by atoms with Crippen molar-refractivity contribution < 1.29 is 4.79 Å². The number of carbonyl (C=O) groups excluding carboxylic acids is 1. The molecule has 0 saturated carbocycles. The summed E-state index contributed by atoms with van der Waals surface area (Å²) < 4.78 is 0. The number of benzene rings is 2. The molecular formula is C16H18N8OS. The highest BCUT2D eigenvalue weighted by molar-refractivity contribution is 7.80. The summed E-state index contributed by atoms with van der Waals surface area (Å²) in [5, 5.41) is 3.16. The Bertz CT molecular complexity index is 846. The molecule has 0 saturated heterocycles. The zero-order valence-corrected chi connectivity index (χ0v) is 14.5. The van der Waals surface area contributed by atoms with Crippen LogP contribution in [0.2, 0.25) is 0 Å². The van der Waals surface area contributed by atoms with E-state index in [-0.39, 0.29) is 22.6 Å². The zero-order valence-electron chi connectivity index (χ0n) is 13.6. The van der Waals surface area contributed by atoms with Crippen LogP contribution in [0.5, 0.6) is 0 Å². The molecular weight excluding hydrogens is 352 g/mol. The molecule has 0 aliphatic heterocycles. The third-order valence-corrected chi connectivity index (χ3v) is 3.15. The quantitative estimate of drug-likeness (QED) is 0.199. The first-order valence-electron chi connectivity index (χ1n) is 7.41. The van der Waals surface area contributed by atoms with E-state index in [9.17, 15) is 4.79 Å². The summed E-state index contributed by atoms with van der Waals surface area (Å²) in [4.78, 5) is 20.0. The smallest absolute Gasteiger partial charge is 0.271 e. The van der Waals surface area contributed by atoms with Gasteiger partial charge in [0.05, 0.1) is 11.3 Å². The number of aliphatic imine (C=N–C) groups is 2. The van der Waals surface area contributed by atoms with Crippen molar-refractivity contribution in [1.82, 2.24) is 10.9 Å². The van der Waals surface area contributed by atoms with Gasteiger partial charge < -0.3 is 22.5 Å². The molecule has 2 rings (SSSR count). The second-order valence-electron chi connectivity index (χ2n) is 4.92. The summed E-state index contributed by atoms with van der Waals surface area (Å²) in [7, 11) is 0. The van der Waals surface area contributed by atoms with Gasteiger partial charge in [0.1, 0.15) is 0 Å². The number of para-hydroxylation sites is 2. The number of nitrogens with two attached hydrogens (primary N) is 3. The largest absolute Gasteiger partial charge is 0.370 e. The molecule has 0 bridgehead atoms. The van der Waals surface area contributed by atoms with Crippen molar-refractivity contribution in [3.05, 3.63) is 60.2 Å². The van der Waals surface area contributed by atoms with E-state index in [4.69, 9.17) is 29.4 Å². The van der Waals surface area contributed by atoms with Gasteiger partial charge in [-0.05, 0) is 36.5 Å². The molecule has 0 aliphatic carbocycles. The monoisotopic (exact) mass is 370 g/mol. The highest BCUT2D eigenvalue weighted by Crippen LogP contribution is 2.18. The molecule has 9 N–H and O–H groups in total. The summed E-state index contributed by atoms with van der Waals surface area (Å²) in [6.45, 7) is 0. The second kappa shape index (κ2) is 8.99. The Morgan fingerprint density at radius 2 is 1.58 bits per heavy atom. The van der Waals surface area contributed by atoms with E-state index in [2.05, 4.69) is 26.2 Å². The van der Waals surface area contributed by atoms with Crippen molar-refractivity contribution in [2.24, 2.45) is 27.2 Å². The first-order chi connectivity index (χ1) is 12.5. The molecule has 0 spiro atoms. The SMILES string of the molecule is NC(N)=NC(N)=Nc1ccccc1C(=O)NNC(=S)Nc1ccccc1. The van der Waals surface area contributed by atoms with Gasteiger partial charge in [0.25, 0.3) is 5.91 Å². The van der Waals surface area contributed by atoms with Gasteiger partial charge in [0, 0.05) is 5.69 Å². The molecule has 0 radical (unpaired) electrons. The topological polar surface area (TPSA) is 156 Å². The number of rotatable bonds is 3. The zero-order chi connectivity index (χ0) is 18.9. The van der Waals surface area contributed by atoms with Crippen molar-refractivity contribution in [2.45, 2.75) is 0 Å². The molecule has 0 heterocycles. The lowest BCUT2D eigenvalue weighted by Crippen LogP contribution is -2.43. The van der Waals surface area contributed by atoms with Crippen LogP contribution in [0.3, 0.4) is 0 Å². The minimum absolute atomic E-state index is 0.167. The average molecular weight is 370 g/mol. The van der Waals surface area contributed by atoms with Crippen molar-refractivity contribution in [1.29, 1.82) is 0 Å². The fourth-order valence-electron chi connectivity index (χ4n) is 1.91. The number of nitrogens with one attached hydrogen (secondary N) is 3. The second-order valence-corrected chi connectivity index (χ2v) is 5.33. The van der Waals surface area contributed by atoms with Gasteiger partial charge >= 0.3 is 0 Å². The van der Waals surface area contributed by atoms with Crippen LogP contribution in [0.15, 0.2) is 64.6 Å². The van der Waals surface area contributed by atoms with E-state index >= 15 is 0 Å². The number of hydrogen-bond acceptors (Lipinski definition) is 3. The fraction of sp³-hybridized carbons (Fsp3) is 0. The van der Waals surface area contributed by atoms with Gasteiger partial charge in [0.2, 0.25) is 5.96 Å². The van der Waals surface area contributed by atoms with Gasteiger partial charge in [-0.2, -0.15) is 4.99 Å². The molecule has 1 amide bonds. The maximum Gasteiger partial charge on any atom is 0.271 e. The Morgan fingerprint density at radius 1 is 0.923 bits per heavy atom. The molecule has 2 aromatic rings. The third kappa shape index (κ3) is 5.76. The van der Waals surface area contributed by atoms with Crippen LogP contribution < -0.4 is 33.4 Å². The van der Waals surface area contributed by atoms with Crippen LogP contribution in [0.4, 0.5) is 11.4 Å². The van der Waals surface area contributed by atoms with Crippen LogP contribution in [0.25, 0.3) is 0 Å². The minimum Gasteiger partial charge on any atom is -0.370 e. The maximum absolute atomic E-state index is 12.4. The molecule has 134 valence electrons. The summed E-state index contributed by atoms with van der Waals surface area (Å²) in [6, 6.07) is 15.8. The van der Waals surface area contributed by atoms with E-state index in [1.54, 1.807) is 24.3 Å². The standard InChI is InChI=1S/C16H18N8OS/c17-14(18)22-15(19)21-12-9-5-4-8-11(12)13(25)23-24-16(26)20-10-6-2-1-3-7-10/h1-9H,(H,23,25)(H2,20,24,26)(H6,17,18,19,21,22). The van der Waals surface area contributed by atoms with E-state index < -0.39 is 5.91 Å². The van der Waals surface area contributed by atoms with E-state index in [1.165, 1.54) is 0 Å². The lowest BCUT2D eigenvalue weighted by atomic mass is 10.2. The molecule has 0 aromatic heterocycles. The first-order valence-corrected chi connectivity index (χ1v) is 7.81. The van der Waals surface area contributed by atoms with E-state index in [0.29, 0.717) is 5.69 Å². The van der Waals surface area contributed by atoms with Crippen LogP contribution in [0, 0.1) is 0 Å². The Labute approximate surface area is 155 Å². The van der Waals surface area contributed by atoms with Crippen LogP contribution >= 0.6 is 12.2 Å². The van der Waals surface area contributed by atoms with Crippen molar-refractivity contribution >= 4 is 46.5 Å². The van der Waals surface area contributed by atoms with Crippen molar-refractivity contribution in [3.8, 4) is 0 Å². The predicted octanol–water partition coefficient (Wildman–Crippen LogP) is 0.538. The van der Waals surface area contributed by atoms with Gasteiger partial charge in [-0.15, -0.1) is 0 Å².